The highest BCUT2D eigenvalue weighted by atomic mass is 32.2. The standard InChI is InChI=1S/C27H26N2O3.CH4O3S/c1-18-26(22-10-9-19-5-2-3-6-21(19)24(22)16-30)23-7-4-8-25-27(23)29(18)20(17-32-25)15-28-11-13-31-14-12-28;1-5(2,3)4/h2-10,16,20H,11-15,17H2,1H3;1H3,(H,2,3,4)/t20-;/m1./s1. The van der Waals surface area contributed by atoms with Gasteiger partial charge < -0.3 is 14.0 Å². The third-order valence-electron chi connectivity index (χ3n) is 6.96. The van der Waals surface area contributed by atoms with Crippen molar-refractivity contribution in [3.8, 4) is 16.9 Å². The van der Waals surface area contributed by atoms with Crippen molar-refractivity contribution in [1.29, 1.82) is 0 Å². The predicted octanol–water partition coefficient (Wildman–Crippen LogP) is 4.35. The molecule has 1 saturated heterocycles. The van der Waals surface area contributed by atoms with Crippen molar-refractivity contribution in [2.24, 2.45) is 0 Å². The fourth-order valence-electron chi connectivity index (χ4n) is 5.49. The number of aromatic nitrogens is 1. The first-order chi connectivity index (χ1) is 17.8. The van der Waals surface area contributed by atoms with Crippen LogP contribution in [0.5, 0.6) is 5.75 Å². The van der Waals surface area contributed by atoms with Gasteiger partial charge in [-0.2, -0.15) is 8.42 Å². The maximum atomic E-state index is 12.3. The van der Waals surface area contributed by atoms with E-state index in [2.05, 4.69) is 46.7 Å². The van der Waals surface area contributed by atoms with Gasteiger partial charge in [0.1, 0.15) is 12.4 Å². The molecule has 8 nitrogen and oxygen atoms in total. The number of carbonyl (C=O) groups excluding carboxylic acids is 1. The van der Waals surface area contributed by atoms with Crippen LogP contribution in [0.4, 0.5) is 0 Å². The molecule has 37 heavy (non-hydrogen) atoms. The van der Waals surface area contributed by atoms with Crippen molar-refractivity contribution in [2.75, 3.05) is 45.7 Å². The third-order valence-corrected chi connectivity index (χ3v) is 6.96. The molecule has 9 heteroatoms. The van der Waals surface area contributed by atoms with E-state index in [0.29, 0.717) is 12.9 Å². The van der Waals surface area contributed by atoms with Gasteiger partial charge in [-0.15, -0.1) is 0 Å². The summed E-state index contributed by atoms with van der Waals surface area (Å²) in [6, 6.07) is 18.8. The number of ether oxygens (including phenoxy) is 2. The minimum atomic E-state index is -3.67. The number of morpholine rings is 1. The molecule has 0 bridgehead atoms. The number of aldehydes is 1. The van der Waals surface area contributed by atoms with Crippen LogP contribution in [0.1, 0.15) is 22.1 Å². The zero-order valence-corrected chi connectivity index (χ0v) is 21.7. The first-order valence-corrected chi connectivity index (χ1v) is 14.1. The Balaban J connectivity index is 0.000000514. The van der Waals surface area contributed by atoms with Crippen LogP contribution in [0.25, 0.3) is 32.8 Å². The summed E-state index contributed by atoms with van der Waals surface area (Å²) in [4.78, 5) is 14.8. The number of nitrogens with zero attached hydrogens (tertiary/aromatic N) is 2. The smallest absolute Gasteiger partial charge is 0.261 e. The molecule has 194 valence electrons. The van der Waals surface area contributed by atoms with Crippen molar-refractivity contribution < 1.29 is 27.2 Å². The van der Waals surface area contributed by atoms with Crippen molar-refractivity contribution in [3.05, 3.63) is 65.9 Å². The SMILES string of the molecule is CS(=O)(=O)O.Cc1c(-c2ccc3ccccc3c2C=O)c2cccc3c2n1[C@H](CN1CCOCC1)CO3. The van der Waals surface area contributed by atoms with Gasteiger partial charge in [0.25, 0.3) is 10.1 Å². The number of para-hydroxylation sites is 1. The quantitative estimate of drug-likeness (QED) is 0.314. The molecule has 4 aromatic rings. The number of benzene rings is 3. The van der Waals surface area contributed by atoms with Gasteiger partial charge in [0, 0.05) is 41.8 Å². The van der Waals surface area contributed by atoms with E-state index in [4.69, 9.17) is 14.0 Å². The lowest BCUT2D eigenvalue weighted by atomic mass is 9.93. The molecule has 6 rings (SSSR count). The summed E-state index contributed by atoms with van der Waals surface area (Å²) in [6.45, 7) is 7.24. The molecular weight excluding hydrogens is 492 g/mol. The number of hydrogen-bond donors (Lipinski definition) is 1. The molecule has 1 N–H and O–H groups in total. The highest BCUT2D eigenvalue weighted by molar-refractivity contribution is 7.85. The Hall–Kier alpha value is -3.24. The van der Waals surface area contributed by atoms with Crippen LogP contribution < -0.4 is 4.74 Å². The lowest BCUT2D eigenvalue weighted by Gasteiger charge is -2.34. The molecule has 3 heterocycles. The van der Waals surface area contributed by atoms with E-state index in [1.165, 1.54) is 5.69 Å². The van der Waals surface area contributed by atoms with Gasteiger partial charge in [-0.05, 0) is 29.3 Å². The molecule has 3 aromatic carbocycles. The highest BCUT2D eigenvalue weighted by Gasteiger charge is 2.30. The zero-order chi connectivity index (χ0) is 26.2. The van der Waals surface area contributed by atoms with Crippen molar-refractivity contribution in [1.82, 2.24) is 9.47 Å². The summed E-state index contributed by atoms with van der Waals surface area (Å²) in [7, 11) is -3.67. The molecule has 0 spiro atoms. The van der Waals surface area contributed by atoms with Gasteiger partial charge in [0.15, 0.2) is 6.29 Å². The molecule has 1 atom stereocenters. The first kappa shape index (κ1) is 25.4. The maximum absolute atomic E-state index is 12.3. The summed E-state index contributed by atoms with van der Waals surface area (Å²) in [6.07, 6.45) is 1.72. The average molecular weight is 523 g/mol. The summed E-state index contributed by atoms with van der Waals surface area (Å²) >= 11 is 0. The minimum Gasteiger partial charge on any atom is -0.489 e. The Kier molecular flexibility index (Phi) is 7.04. The normalized spacial score (nSPS) is 17.8. The Labute approximate surface area is 216 Å². The highest BCUT2D eigenvalue weighted by Crippen LogP contribution is 2.44. The van der Waals surface area contributed by atoms with Gasteiger partial charge in [-0.3, -0.25) is 14.2 Å². The molecule has 0 amide bonds. The van der Waals surface area contributed by atoms with Gasteiger partial charge in [0.2, 0.25) is 0 Å². The predicted molar refractivity (Wildman–Crippen MR) is 144 cm³/mol. The van der Waals surface area contributed by atoms with E-state index in [-0.39, 0.29) is 6.04 Å². The second-order valence-electron chi connectivity index (χ2n) is 9.46. The topological polar surface area (TPSA) is 98.1 Å². The van der Waals surface area contributed by atoms with Crippen LogP contribution in [-0.2, 0) is 14.9 Å². The lowest BCUT2D eigenvalue weighted by Crippen LogP contribution is -2.42. The zero-order valence-electron chi connectivity index (χ0n) is 20.9. The number of hydrogen-bond acceptors (Lipinski definition) is 6. The molecule has 1 aromatic heterocycles. The van der Waals surface area contributed by atoms with E-state index >= 15 is 0 Å². The van der Waals surface area contributed by atoms with E-state index in [9.17, 15) is 13.2 Å². The van der Waals surface area contributed by atoms with Gasteiger partial charge >= 0.3 is 0 Å². The van der Waals surface area contributed by atoms with Crippen LogP contribution in [0.2, 0.25) is 0 Å². The van der Waals surface area contributed by atoms with Gasteiger partial charge in [0.05, 0.1) is 31.0 Å². The Morgan fingerprint density at radius 2 is 1.73 bits per heavy atom. The molecule has 0 unspecified atom stereocenters. The van der Waals surface area contributed by atoms with Gasteiger partial charge in [-0.1, -0.05) is 48.5 Å². The van der Waals surface area contributed by atoms with Crippen molar-refractivity contribution in [3.63, 3.8) is 0 Å². The summed E-state index contributed by atoms with van der Waals surface area (Å²) in [5.74, 6) is 0.920. The van der Waals surface area contributed by atoms with Crippen molar-refractivity contribution >= 4 is 38.1 Å². The molecule has 1 fully saturated rings. The summed E-state index contributed by atoms with van der Waals surface area (Å²) in [5, 5.41) is 3.22. The molecule has 0 aliphatic carbocycles. The number of fused-ring (bicyclic) bond motifs is 1. The minimum absolute atomic E-state index is 0.222. The Bertz CT molecular complexity index is 1560. The lowest BCUT2D eigenvalue weighted by molar-refractivity contribution is 0.0272. The number of carbonyl (C=O) groups is 1. The molecule has 2 aliphatic heterocycles. The monoisotopic (exact) mass is 522 g/mol. The van der Waals surface area contributed by atoms with Crippen LogP contribution in [0.3, 0.4) is 0 Å². The molecule has 0 saturated carbocycles. The second-order valence-corrected chi connectivity index (χ2v) is 10.9. The molecule has 2 aliphatic rings. The van der Waals surface area contributed by atoms with Crippen LogP contribution in [0, 0.1) is 6.92 Å². The van der Waals surface area contributed by atoms with Crippen LogP contribution >= 0.6 is 0 Å². The van der Waals surface area contributed by atoms with Crippen LogP contribution in [0.15, 0.2) is 54.6 Å². The second kappa shape index (κ2) is 10.3. The average Bonchev–Trinajstić information content (AvgIpc) is 3.18. The molecular formula is C28H30N2O6S. The fourth-order valence-corrected chi connectivity index (χ4v) is 5.49. The third kappa shape index (κ3) is 5.13. The van der Waals surface area contributed by atoms with Crippen LogP contribution in [-0.4, -0.2) is 74.4 Å². The van der Waals surface area contributed by atoms with Crippen molar-refractivity contribution in [2.45, 2.75) is 13.0 Å². The molecule has 0 radical (unpaired) electrons. The Morgan fingerprint density at radius 1 is 1.03 bits per heavy atom. The number of rotatable bonds is 4. The largest absolute Gasteiger partial charge is 0.489 e. The maximum Gasteiger partial charge on any atom is 0.261 e. The fraction of sp³-hybridized carbons (Fsp3) is 0.321. The van der Waals surface area contributed by atoms with E-state index in [0.717, 1.165) is 83.2 Å². The Morgan fingerprint density at radius 3 is 2.46 bits per heavy atom. The first-order valence-electron chi connectivity index (χ1n) is 12.2. The van der Waals surface area contributed by atoms with E-state index < -0.39 is 10.1 Å². The van der Waals surface area contributed by atoms with E-state index in [1.54, 1.807) is 0 Å². The summed E-state index contributed by atoms with van der Waals surface area (Å²) < 4.78 is 40.1. The summed E-state index contributed by atoms with van der Waals surface area (Å²) in [5.41, 5.74) is 5.19. The van der Waals surface area contributed by atoms with Gasteiger partial charge in [-0.25, -0.2) is 0 Å². The van der Waals surface area contributed by atoms with E-state index in [1.807, 2.05) is 24.3 Å².